The van der Waals surface area contributed by atoms with Crippen LogP contribution in [0.3, 0.4) is 0 Å². The van der Waals surface area contributed by atoms with Crippen molar-refractivity contribution in [2.75, 3.05) is 7.11 Å². The summed E-state index contributed by atoms with van der Waals surface area (Å²) in [4.78, 5) is 3.67. The number of rotatable bonds is 3. The largest absolute Gasteiger partial charge is 0.495 e. The summed E-state index contributed by atoms with van der Waals surface area (Å²) in [5.41, 5.74) is 3.36. The SMILES string of the molecule is COc1cc(C)c(C)cc1S(=O)(=O)c1c(C)[nH]c2ccccc12. The van der Waals surface area contributed by atoms with E-state index >= 15 is 0 Å². The van der Waals surface area contributed by atoms with Crippen molar-refractivity contribution in [2.24, 2.45) is 0 Å². The summed E-state index contributed by atoms with van der Waals surface area (Å²) in [6.45, 7) is 5.61. The van der Waals surface area contributed by atoms with Gasteiger partial charge in [0.05, 0.1) is 7.11 Å². The molecule has 0 saturated heterocycles. The summed E-state index contributed by atoms with van der Waals surface area (Å²) < 4.78 is 31.9. The van der Waals surface area contributed by atoms with Gasteiger partial charge in [0.2, 0.25) is 9.84 Å². The minimum Gasteiger partial charge on any atom is -0.495 e. The van der Waals surface area contributed by atoms with Crippen LogP contribution in [-0.2, 0) is 9.84 Å². The molecule has 3 aromatic rings. The third-order valence-electron chi connectivity index (χ3n) is 4.17. The first-order valence-electron chi connectivity index (χ1n) is 7.34. The van der Waals surface area contributed by atoms with Gasteiger partial charge in [-0.3, -0.25) is 0 Å². The lowest BCUT2D eigenvalue weighted by Crippen LogP contribution is -2.06. The second kappa shape index (κ2) is 5.42. The second-order valence-corrected chi connectivity index (χ2v) is 7.57. The minimum absolute atomic E-state index is 0.205. The second-order valence-electron chi connectivity index (χ2n) is 5.72. The van der Waals surface area contributed by atoms with Crippen molar-refractivity contribution in [3.05, 3.63) is 53.2 Å². The molecule has 1 N–H and O–H groups in total. The molecule has 1 heterocycles. The first-order chi connectivity index (χ1) is 10.9. The van der Waals surface area contributed by atoms with Crippen LogP contribution in [0.2, 0.25) is 0 Å². The number of nitrogens with one attached hydrogen (secondary N) is 1. The van der Waals surface area contributed by atoms with Gasteiger partial charge in [0.25, 0.3) is 0 Å². The molecule has 2 aromatic carbocycles. The summed E-state index contributed by atoms with van der Waals surface area (Å²) in [7, 11) is -2.20. The average Bonchev–Trinajstić information content (AvgIpc) is 2.85. The number of aromatic amines is 1. The smallest absolute Gasteiger partial charge is 0.212 e. The molecule has 0 aliphatic carbocycles. The standard InChI is InChI=1S/C18H19NO3S/c1-11-9-16(22-4)17(10-12(11)2)23(20,21)18-13(3)19-15-8-6-5-7-14(15)18/h5-10,19H,1-4H3. The Morgan fingerprint density at radius 2 is 1.65 bits per heavy atom. The van der Waals surface area contributed by atoms with Gasteiger partial charge >= 0.3 is 0 Å². The van der Waals surface area contributed by atoms with Gasteiger partial charge in [-0.25, -0.2) is 8.42 Å². The number of fused-ring (bicyclic) bond motifs is 1. The van der Waals surface area contributed by atoms with E-state index in [2.05, 4.69) is 4.98 Å². The highest BCUT2D eigenvalue weighted by Crippen LogP contribution is 2.36. The maximum Gasteiger partial charge on any atom is 0.212 e. The molecule has 0 spiro atoms. The van der Waals surface area contributed by atoms with Gasteiger partial charge in [0, 0.05) is 16.6 Å². The summed E-state index contributed by atoms with van der Waals surface area (Å²) in [5, 5.41) is 0.699. The Hall–Kier alpha value is -2.27. The van der Waals surface area contributed by atoms with E-state index in [1.54, 1.807) is 19.1 Å². The number of para-hydroxylation sites is 1. The highest BCUT2D eigenvalue weighted by Gasteiger charge is 2.28. The molecule has 23 heavy (non-hydrogen) atoms. The zero-order valence-corrected chi connectivity index (χ0v) is 14.4. The summed E-state index contributed by atoms with van der Waals surface area (Å²) in [5.74, 6) is 0.373. The van der Waals surface area contributed by atoms with Crippen molar-refractivity contribution in [3.8, 4) is 5.75 Å². The van der Waals surface area contributed by atoms with Crippen LogP contribution >= 0.6 is 0 Å². The third-order valence-corrected chi connectivity index (χ3v) is 6.13. The molecule has 0 unspecified atom stereocenters. The molecule has 5 heteroatoms. The molecule has 0 aliphatic heterocycles. The van der Waals surface area contributed by atoms with Gasteiger partial charge in [-0.2, -0.15) is 0 Å². The lowest BCUT2D eigenvalue weighted by molar-refractivity contribution is 0.402. The van der Waals surface area contributed by atoms with Crippen LogP contribution in [0.4, 0.5) is 0 Å². The molecule has 0 saturated carbocycles. The molecule has 0 bridgehead atoms. The Bertz CT molecular complexity index is 1000. The molecular formula is C18H19NO3S. The van der Waals surface area contributed by atoms with E-state index in [1.807, 2.05) is 38.1 Å². The summed E-state index contributed by atoms with van der Waals surface area (Å²) in [6, 6.07) is 10.9. The fourth-order valence-corrected chi connectivity index (χ4v) is 4.72. The van der Waals surface area contributed by atoms with Gasteiger partial charge in [-0.05, 0) is 50.1 Å². The number of aromatic nitrogens is 1. The normalized spacial score (nSPS) is 11.8. The molecule has 120 valence electrons. The Kier molecular flexibility index (Phi) is 3.68. The van der Waals surface area contributed by atoms with E-state index < -0.39 is 9.84 Å². The van der Waals surface area contributed by atoms with Crippen molar-refractivity contribution in [1.82, 2.24) is 4.98 Å². The average molecular weight is 329 g/mol. The van der Waals surface area contributed by atoms with Crippen LogP contribution in [0.5, 0.6) is 5.75 Å². The number of ether oxygens (including phenoxy) is 1. The number of hydrogen-bond acceptors (Lipinski definition) is 3. The Balaban J connectivity index is 2.35. The number of hydrogen-bond donors (Lipinski definition) is 1. The molecule has 1 aromatic heterocycles. The quantitative estimate of drug-likeness (QED) is 0.792. The first-order valence-corrected chi connectivity index (χ1v) is 8.82. The van der Waals surface area contributed by atoms with Crippen molar-refractivity contribution < 1.29 is 13.2 Å². The highest BCUT2D eigenvalue weighted by molar-refractivity contribution is 7.92. The first kappa shape index (κ1) is 15.6. The van der Waals surface area contributed by atoms with Crippen molar-refractivity contribution in [3.63, 3.8) is 0 Å². The third kappa shape index (κ3) is 2.41. The number of aryl methyl sites for hydroxylation is 3. The Morgan fingerprint density at radius 1 is 1.00 bits per heavy atom. The van der Waals surface area contributed by atoms with Crippen molar-refractivity contribution >= 4 is 20.7 Å². The van der Waals surface area contributed by atoms with Gasteiger partial charge in [0.1, 0.15) is 15.5 Å². The topological polar surface area (TPSA) is 59.2 Å². The van der Waals surface area contributed by atoms with Crippen molar-refractivity contribution in [2.45, 2.75) is 30.6 Å². The maximum absolute atomic E-state index is 13.3. The summed E-state index contributed by atoms with van der Waals surface area (Å²) >= 11 is 0. The predicted molar refractivity (Wildman–Crippen MR) is 91.0 cm³/mol. The van der Waals surface area contributed by atoms with Gasteiger partial charge < -0.3 is 9.72 Å². The van der Waals surface area contributed by atoms with E-state index in [4.69, 9.17) is 4.74 Å². The molecule has 0 fully saturated rings. The zero-order valence-electron chi connectivity index (χ0n) is 13.6. The number of methoxy groups -OCH3 is 1. The fourth-order valence-electron chi connectivity index (χ4n) is 2.84. The molecule has 0 atom stereocenters. The molecule has 3 rings (SSSR count). The van der Waals surface area contributed by atoms with Crippen LogP contribution in [0.25, 0.3) is 10.9 Å². The number of H-pyrrole nitrogens is 1. The highest BCUT2D eigenvalue weighted by atomic mass is 32.2. The van der Waals surface area contributed by atoms with Crippen LogP contribution in [0, 0.1) is 20.8 Å². The summed E-state index contributed by atoms with van der Waals surface area (Å²) in [6.07, 6.45) is 0. The van der Waals surface area contributed by atoms with Gasteiger partial charge in [0.15, 0.2) is 0 Å². The van der Waals surface area contributed by atoms with E-state index in [0.29, 0.717) is 21.7 Å². The van der Waals surface area contributed by atoms with Gasteiger partial charge in [-0.1, -0.05) is 18.2 Å². The Morgan fingerprint density at radius 3 is 2.35 bits per heavy atom. The number of benzene rings is 2. The monoisotopic (exact) mass is 329 g/mol. The van der Waals surface area contributed by atoms with Gasteiger partial charge in [-0.15, -0.1) is 0 Å². The lowest BCUT2D eigenvalue weighted by Gasteiger charge is -2.13. The van der Waals surface area contributed by atoms with Crippen LogP contribution < -0.4 is 4.74 Å². The molecule has 0 aliphatic rings. The van der Waals surface area contributed by atoms with Crippen LogP contribution in [0.1, 0.15) is 16.8 Å². The lowest BCUT2D eigenvalue weighted by atomic mass is 10.1. The van der Waals surface area contributed by atoms with Crippen LogP contribution in [-0.4, -0.2) is 20.5 Å². The molecule has 4 nitrogen and oxygen atoms in total. The van der Waals surface area contributed by atoms with Crippen LogP contribution in [0.15, 0.2) is 46.2 Å². The van der Waals surface area contributed by atoms with E-state index in [1.165, 1.54) is 7.11 Å². The maximum atomic E-state index is 13.3. The van der Waals surface area contributed by atoms with E-state index in [9.17, 15) is 8.42 Å². The fraction of sp³-hybridized carbons (Fsp3) is 0.222. The number of sulfone groups is 1. The molecule has 0 amide bonds. The zero-order chi connectivity index (χ0) is 16.8. The predicted octanol–water partition coefficient (Wildman–Crippen LogP) is 3.93. The molecular weight excluding hydrogens is 310 g/mol. The van der Waals surface area contributed by atoms with E-state index in [0.717, 1.165) is 16.6 Å². The van der Waals surface area contributed by atoms with Crippen molar-refractivity contribution in [1.29, 1.82) is 0 Å². The van der Waals surface area contributed by atoms with E-state index in [-0.39, 0.29) is 4.90 Å². The minimum atomic E-state index is -3.69. The molecule has 0 radical (unpaired) electrons. The Labute approximate surface area is 136 Å².